The quantitative estimate of drug-likeness (QED) is 0.680. The van der Waals surface area contributed by atoms with E-state index >= 15 is 0 Å². The Labute approximate surface area is 95.9 Å². The van der Waals surface area contributed by atoms with Crippen LogP contribution in [0.3, 0.4) is 0 Å². The first-order valence-corrected chi connectivity index (χ1v) is 5.43. The highest BCUT2D eigenvalue weighted by Gasteiger charge is 2.03. The Morgan fingerprint density at radius 3 is 2.75 bits per heavy atom. The lowest BCUT2D eigenvalue weighted by Gasteiger charge is -2.12. The zero-order chi connectivity index (χ0) is 12.0. The van der Waals surface area contributed by atoms with Crippen LogP contribution in [0.2, 0.25) is 0 Å². The van der Waals surface area contributed by atoms with E-state index in [1.54, 1.807) is 0 Å². The Bertz CT molecular complexity index is 328. The molecule has 0 radical (unpaired) electrons. The van der Waals surface area contributed by atoms with Crippen molar-refractivity contribution in [1.29, 1.82) is 0 Å². The Hall–Kier alpha value is -1.26. The number of anilines is 1. The van der Waals surface area contributed by atoms with Gasteiger partial charge in [0, 0.05) is 12.2 Å². The first-order valence-electron chi connectivity index (χ1n) is 5.43. The van der Waals surface area contributed by atoms with Crippen LogP contribution in [0.4, 0.5) is 5.69 Å². The van der Waals surface area contributed by atoms with Gasteiger partial charge in [0.1, 0.15) is 5.75 Å². The van der Waals surface area contributed by atoms with E-state index in [4.69, 9.17) is 9.84 Å². The second kappa shape index (κ2) is 6.35. The van der Waals surface area contributed by atoms with E-state index in [9.17, 15) is 5.11 Å². The minimum Gasteiger partial charge on any atom is -0.494 e. The number of hydrogen-bond donors (Lipinski definition) is 3. The minimum absolute atomic E-state index is 0.233. The van der Waals surface area contributed by atoms with Gasteiger partial charge in [-0.2, -0.15) is 0 Å². The van der Waals surface area contributed by atoms with E-state index in [-0.39, 0.29) is 6.61 Å². The summed E-state index contributed by atoms with van der Waals surface area (Å²) < 4.78 is 5.42. The number of aliphatic hydroxyl groups is 2. The highest BCUT2D eigenvalue weighted by Crippen LogP contribution is 2.21. The van der Waals surface area contributed by atoms with Gasteiger partial charge in [0.2, 0.25) is 0 Å². The Balaban J connectivity index is 2.59. The molecule has 0 fully saturated rings. The molecule has 0 bridgehead atoms. The van der Waals surface area contributed by atoms with Gasteiger partial charge in [-0.3, -0.25) is 0 Å². The van der Waals surface area contributed by atoms with Crippen molar-refractivity contribution in [2.45, 2.75) is 20.0 Å². The van der Waals surface area contributed by atoms with Crippen LogP contribution in [-0.4, -0.2) is 36.1 Å². The maximum absolute atomic E-state index is 9.19. The molecule has 1 rings (SSSR count). The van der Waals surface area contributed by atoms with E-state index in [0.717, 1.165) is 17.0 Å². The maximum atomic E-state index is 9.19. The van der Waals surface area contributed by atoms with Crippen molar-refractivity contribution in [3.05, 3.63) is 23.8 Å². The molecule has 1 aromatic carbocycles. The molecule has 0 aromatic heterocycles. The Kier molecular flexibility index (Phi) is 5.08. The summed E-state index contributed by atoms with van der Waals surface area (Å²) in [6.07, 6.45) is -0.730. The second-order valence-corrected chi connectivity index (χ2v) is 3.63. The van der Waals surface area contributed by atoms with E-state index < -0.39 is 6.10 Å². The van der Waals surface area contributed by atoms with Gasteiger partial charge in [-0.15, -0.1) is 0 Å². The largest absolute Gasteiger partial charge is 0.494 e. The van der Waals surface area contributed by atoms with Gasteiger partial charge in [-0.05, 0) is 37.6 Å². The van der Waals surface area contributed by atoms with Crippen molar-refractivity contribution < 1.29 is 14.9 Å². The highest BCUT2D eigenvalue weighted by molar-refractivity contribution is 5.50. The summed E-state index contributed by atoms with van der Waals surface area (Å²) in [4.78, 5) is 0. The van der Waals surface area contributed by atoms with Crippen molar-refractivity contribution in [3.8, 4) is 5.75 Å². The lowest BCUT2D eigenvalue weighted by molar-refractivity contribution is 0.105. The summed E-state index contributed by atoms with van der Waals surface area (Å²) in [6.45, 7) is 4.67. The van der Waals surface area contributed by atoms with Gasteiger partial charge in [-0.25, -0.2) is 0 Å². The topological polar surface area (TPSA) is 61.7 Å². The first-order chi connectivity index (χ1) is 7.67. The molecule has 0 aliphatic heterocycles. The van der Waals surface area contributed by atoms with Crippen LogP contribution >= 0.6 is 0 Å². The zero-order valence-electron chi connectivity index (χ0n) is 9.73. The third-order valence-corrected chi connectivity index (χ3v) is 2.23. The molecule has 0 aliphatic rings. The maximum Gasteiger partial charge on any atom is 0.122 e. The monoisotopic (exact) mass is 225 g/mol. The average Bonchev–Trinajstić information content (AvgIpc) is 2.29. The molecule has 16 heavy (non-hydrogen) atoms. The van der Waals surface area contributed by atoms with Crippen molar-refractivity contribution in [2.24, 2.45) is 0 Å². The van der Waals surface area contributed by atoms with Gasteiger partial charge >= 0.3 is 0 Å². The van der Waals surface area contributed by atoms with Crippen molar-refractivity contribution in [2.75, 3.05) is 25.1 Å². The summed E-state index contributed by atoms with van der Waals surface area (Å²) in [5.74, 6) is 0.871. The number of nitrogens with one attached hydrogen (secondary N) is 1. The number of hydrogen-bond acceptors (Lipinski definition) is 4. The lowest BCUT2D eigenvalue weighted by atomic mass is 10.2. The van der Waals surface area contributed by atoms with E-state index in [0.29, 0.717) is 13.2 Å². The number of aliphatic hydroxyl groups excluding tert-OH is 2. The standard InChI is InChI=1S/C12H19NO3/c1-3-16-12-5-4-10(6-9(12)2)13-7-11(15)8-14/h4-6,11,13-15H,3,7-8H2,1-2H3. The third kappa shape index (κ3) is 3.72. The van der Waals surface area contributed by atoms with Crippen LogP contribution in [0, 0.1) is 6.92 Å². The fourth-order valence-corrected chi connectivity index (χ4v) is 1.38. The van der Waals surface area contributed by atoms with Crippen LogP contribution in [0.5, 0.6) is 5.75 Å². The van der Waals surface area contributed by atoms with E-state index in [1.165, 1.54) is 0 Å². The predicted octanol–water partition coefficient (Wildman–Crippen LogP) is 1.16. The molecule has 0 saturated heterocycles. The molecule has 4 nitrogen and oxygen atoms in total. The molecule has 1 atom stereocenters. The van der Waals surface area contributed by atoms with Crippen molar-refractivity contribution in [1.82, 2.24) is 0 Å². The first kappa shape index (κ1) is 12.8. The van der Waals surface area contributed by atoms with Crippen LogP contribution in [0.25, 0.3) is 0 Å². The molecule has 0 amide bonds. The number of aryl methyl sites for hydroxylation is 1. The van der Waals surface area contributed by atoms with Gasteiger partial charge in [0.15, 0.2) is 0 Å². The zero-order valence-corrected chi connectivity index (χ0v) is 9.73. The number of benzene rings is 1. The molecule has 0 heterocycles. The summed E-state index contributed by atoms with van der Waals surface area (Å²) >= 11 is 0. The van der Waals surface area contributed by atoms with E-state index in [2.05, 4.69) is 5.32 Å². The van der Waals surface area contributed by atoms with Crippen LogP contribution in [-0.2, 0) is 0 Å². The summed E-state index contributed by atoms with van der Waals surface area (Å²) in [5, 5.41) is 20.9. The molecular weight excluding hydrogens is 206 g/mol. The third-order valence-electron chi connectivity index (χ3n) is 2.23. The van der Waals surface area contributed by atoms with Gasteiger partial charge in [0.05, 0.1) is 19.3 Å². The van der Waals surface area contributed by atoms with Crippen LogP contribution in [0.15, 0.2) is 18.2 Å². The SMILES string of the molecule is CCOc1ccc(NCC(O)CO)cc1C. The fourth-order valence-electron chi connectivity index (χ4n) is 1.38. The summed E-state index contributed by atoms with van der Waals surface area (Å²) in [5.41, 5.74) is 1.96. The normalized spacial score (nSPS) is 12.2. The molecule has 0 aliphatic carbocycles. The molecule has 3 N–H and O–H groups in total. The molecule has 0 spiro atoms. The minimum atomic E-state index is -0.730. The molecule has 0 saturated carbocycles. The Morgan fingerprint density at radius 2 is 2.19 bits per heavy atom. The fraction of sp³-hybridized carbons (Fsp3) is 0.500. The Morgan fingerprint density at radius 1 is 1.44 bits per heavy atom. The molecule has 1 aromatic rings. The predicted molar refractivity (Wildman–Crippen MR) is 63.9 cm³/mol. The highest BCUT2D eigenvalue weighted by atomic mass is 16.5. The van der Waals surface area contributed by atoms with Crippen molar-refractivity contribution in [3.63, 3.8) is 0 Å². The molecule has 90 valence electrons. The number of rotatable bonds is 6. The lowest BCUT2D eigenvalue weighted by Crippen LogP contribution is -2.22. The summed E-state index contributed by atoms with van der Waals surface area (Å²) in [7, 11) is 0. The van der Waals surface area contributed by atoms with E-state index in [1.807, 2.05) is 32.0 Å². The van der Waals surface area contributed by atoms with Gasteiger partial charge in [0.25, 0.3) is 0 Å². The smallest absolute Gasteiger partial charge is 0.122 e. The van der Waals surface area contributed by atoms with Crippen LogP contribution < -0.4 is 10.1 Å². The number of ether oxygens (including phenoxy) is 1. The van der Waals surface area contributed by atoms with Crippen LogP contribution in [0.1, 0.15) is 12.5 Å². The van der Waals surface area contributed by atoms with Crippen molar-refractivity contribution >= 4 is 5.69 Å². The van der Waals surface area contributed by atoms with Gasteiger partial charge in [-0.1, -0.05) is 0 Å². The summed E-state index contributed by atoms with van der Waals surface area (Å²) in [6, 6.07) is 5.74. The molecular formula is C12H19NO3. The average molecular weight is 225 g/mol. The molecule has 1 unspecified atom stereocenters. The molecule has 4 heteroatoms. The van der Waals surface area contributed by atoms with Gasteiger partial charge < -0.3 is 20.3 Å². The second-order valence-electron chi connectivity index (χ2n) is 3.63.